The summed E-state index contributed by atoms with van der Waals surface area (Å²) in [6.07, 6.45) is 0.752. The van der Waals surface area contributed by atoms with Crippen molar-refractivity contribution in [2.75, 3.05) is 20.6 Å². The Labute approximate surface area is 140 Å². The van der Waals surface area contributed by atoms with Crippen molar-refractivity contribution in [2.45, 2.75) is 25.7 Å². The molecule has 0 saturated heterocycles. The van der Waals surface area contributed by atoms with E-state index >= 15 is 0 Å². The molecule has 2 aromatic carbocycles. The lowest BCUT2D eigenvalue weighted by Gasteiger charge is -2.42. The maximum absolute atomic E-state index is 8.87. The summed E-state index contributed by atoms with van der Waals surface area (Å²) in [5, 5.41) is 8.87. The number of hydrogen-bond donors (Lipinski definition) is 1. The van der Waals surface area contributed by atoms with Crippen LogP contribution in [-0.4, -0.2) is 31.3 Å². The van der Waals surface area contributed by atoms with Crippen LogP contribution in [0.25, 0.3) is 0 Å². The van der Waals surface area contributed by atoms with E-state index in [9.17, 15) is 0 Å². The van der Waals surface area contributed by atoms with Crippen molar-refractivity contribution in [3.8, 4) is 0 Å². The van der Waals surface area contributed by atoms with E-state index in [2.05, 4.69) is 81.4 Å². The van der Waals surface area contributed by atoms with Crippen LogP contribution in [0.4, 0.5) is 0 Å². The van der Waals surface area contributed by atoms with Crippen molar-refractivity contribution < 1.29 is 0 Å². The van der Waals surface area contributed by atoms with Crippen LogP contribution < -0.4 is 0 Å². The molecule has 1 N–H and O–H groups in total. The highest BCUT2D eigenvalue weighted by molar-refractivity contribution is 5.96. The zero-order chi connectivity index (χ0) is 16.9. The zero-order valence-electron chi connectivity index (χ0n) is 14.7. The maximum atomic E-state index is 8.87. The second-order valence-electron chi connectivity index (χ2n) is 6.54. The molecule has 0 bridgehead atoms. The van der Waals surface area contributed by atoms with E-state index in [4.69, 9.17) is 5.41 Å². The van der Waals surface area contributed by atoms with Crippen molar-refractivity contribution >= 4 is 5.71 Å². The zero-order valence-corrected chi connectivity index (χ0v) is 14.7. The van der Waals surface area contributed by atoms with Gasteiger partial charge in [0, 0.05) is 12.3 Å². The molecule has 0 saturated carbocycles. The van der Waals surface area contributed by atoms with Crippen molar-refractivity contribution in [1.82, 2.24) is 4.90 Å². The topological polar surface area (TPSA) is 27.1 Å². The molecule has 2 nitrogen and oxygen atoms in total. The minimum Gasteiger partial charge on any atom is -0.309 e. The highest BCUT2D eigenvalue weighted by Crippen LogP contribution is 2.41. The second-order valence-corrected chi connectivity index (χ2v) is 6.54. The number of rotatable bonds is 7. The van der Waals surface area contributed by atoms with Gasteiger partial charge in [0.1, 0.15) is 0 Å². The summed E-state index contributed by atoms with van der Waals surface area (Å²) in [5.41, 5.74) is 2.84. The molecule has 2 aromatic rings. The Bertz CT molecular complexity index is 577. The van der Waals surface area contributed by atoms with Crippen LogP contribution in [0, 0.1) is 11.3 Å². The van der Waals surface area contributed by atoms with Gasteiger partial charge in [-0.3, -0.25) is 0 Å². The summed E-state index contributed by atoms with van der Waals surface area (Å²) < 4.78 is 0. The third kappa shape index (κ3) is 3.37. The van der Waals surface area contributed by atoms with E-state index in [1.165, 1.54) is 11.1 Å². The monoisotopic (exact) mass is 308 g/mol. The number of benzene rings is 2. The molecule has 0 aromatic heterocycles. The van der Waals surface area contributed by atoms with Gasteiger partial charge >= 0.3 is 0 Å². The standard InChI is InChI=1S/C21H28N2/c1-5-20(22)21(17(2)16-23(3)4,18-12-8-6-9-13-18)19-14-10-7-11-15-19/h6-15,17,22H,5,16H2,1-4H3/t17-/m0/s1. The Morgan fingerprint density at radius 2 is 1.39 bits per heavy atom. The fourth-order valence-corrected chi connectivity index (χ4v) is 3.75. The molecule has 2 heteroatoms. The first-order chi connectivity index (χ1) is 11.0. The Morgan fingerprint density at radius 3 is 1.74 bits per heavy atom. The Balaban J connectivity index is 2.71. The highest BCUT2D eigenvalue weighted by atomic mass is 15.1. The van der Waals surface area contributed by atoms with E-state index in [-0.39, 0.29) is 5.41 Å². The average molecular weight is 308 g/mol. The number of nitrogens with one attached hydrogen (secondary N) is 1. The fraction of sp³-hybridized carbons (Fsp3) is 0.381. The lowest BCUT2D eigenvalue weighted by Crippen LogP contribution is -2.46. The van der Waals surface area contributed by atoms with Gasteiger partial charge in [-0.25, -0.2) is 0 Å². The Morgan fingerprint density at radius 1 is 0.957 bits per heavy atom. The molecule has 1 atom stereocenters. The predicted molar refractivity (Wildman–Crippen MR) is 99.4 cm³/mol. The first-order valence-electron chi connectivity index (χ1n) is 8.37. The van der Waals surface area contributed by atoms with Gasteiger partial charge < -0.3 is 10.3 Å². The molecular formula is C21H28N2. The maximum Gasteiger partial charge on any atom is 0.0615 e. The lowest BCUT2D eigenvalue weighted by atomic mass is 9.62. The van der Waals surface area contributed by atoms with E-state index in [0.29, 0.717) is 5.92 Å². The average Bonchev–Trinajstić information content (AvgIpc) is 2.56. The molecule has 0 spiro atoms. The molecule has 0 aliphatic heterocycles. The molecule has 0 aliphatic carbocycles. The molecule has 0 fully saturated rings. The minimum absolute atomic E-state index is 0.301. The van der Waals surface area contributed by atoms with Gasteiger partial charge in [0.25, 0.3) is 0 Å². The van der Waals surface area contributed by atoms with Crippen LogP contribution >= 0.6 is 0 Å². The molecule has 0 aliphatic rings. The van der Waals surface area contributed by atoms with Gasteiger partial charge in [-0.2, -0.15) is 0 Å². The van der Waals surface area contributed by atoms with Gasteiger partial charge in [-0.05, 0) is 37.6 Å². The summed E-state index contributed by atoms with van der Waals surface area (Å²) in [6, 6.07) is 21.1. The molecule has 0 unspecified atom stereocenters. The molecule has 0 heterocycles. The fourth-order valence-electron chi connectivity index (χ4n) is 3.75. The van der Waals surface area contributed by atoms with E-state index in [1.807, 2.05) is 12.1 Å². The van der Waals surface area contributed by atoms with E-state index < -0.39 is 0 Å². The molecule has 122 valence electrons. The van der Waals surface area contributed by atoms with Gasteiger partial charge in [-0.15, -0.1) is 0 Å². The SMILES string of the molecule is CCC(=N)C(c1ccccc1)(c1ccccc1)[C@@H](C)CN(C)C. The molecule has 0 radical (unpaired) electrons. The van der Waals surface area contributed by atoms with E-state index in [0.717, 1.165) is 18.7 Å². The van der Waals surface area contributed by atoms with Crippen LogP contribution in [-0.2, 0) is 5.41 Å². The van der Waals surface area contributed by atoms with Crippen molar-refractivity contribution in [2.24, 2.45) is 5.92 Å². The Hall–Kier alpha value is -1.93. The second kappa shape index (κ2) is 7.56. The van der Waals surface area contributed by atoms with Gasteiger partial charge in [-0.1, -0.05) is 74.5 Å². The van der Waals surface area contributed by atoms with Gasteiger partial charge in [0.2, 0.25) is 0 Å². The molecular weight excluding hydrogens is 280 g/mol. The summed E-state index contributed by atoms with van der Waals surface area (Å²) in [5.74, 6) is 0.301. The normalized spacial score (nSPS) is 13.1. The quantitative estimate of drug-likeness (QED) is 0.744. The van der Waals surface area contributed by atoms with Crippen LogP contribution in [0.3, 0.4) is 0 Å². The molecule has 23 heavy (non-hydrogen) atoms. The predicted octanol–water partition coefficient (Wildman–Crippen LogP) is 4.60. The van der Waals surface area contributed by atoms with Crippen LogP contribution in [0.5, 0.6) is 0 Å². The molecule has 0 amide bonds. The smallest absolute Gasteiger partial charge is 0.0615 e. The number of nitrogens with zero attached hydrogens (tertiary/aromatic N) is 1. The third-order valence-electron chi connectivity index (χ3n) is 4.67. The summed E-state index contributed by atoms with van der Waals surface area (Å²) in [7, 11) is 4.21. The largest absolute Gasteiger partial charge is 0.309 e. The van der Waals surface area contributed by atoms with Crippen molar-refractivity contribution in [3.63, 3.8) is 0 Å². The summed E-state index contributed by atoms with van der Waals surface area (Å²) in [6.45, 7) is 5.29. The van der Waals surface area contributed by atoms with Crippen molar-refractivity contribution in [3.05, 3.63) is 71.8 Å². The molecule has 2 rings (SSSR count). The lowest BCUT2D eigenvalue weighted by molar-refractivity contribution is 0.294. The summed E-state index contributed by atoms with van der Waals surface area (Å²) >= 11 is 0. The van der Waals surface area contributed by atoms with E-state index in [1.54, 1.807) is 0 Å². The highest BCUT2D eigenvalue weighted by Gasteiger charge is 2.42. The number of hydrogen-bond acceptors (Lipinski definition) is 2. The third-order valence-corrected chi connectivity index (χ3v) is 4.67. The Kier molecular flexibility index (Phi) is 5.73. The van der Waals surface area contributed by atoms with Gasteiger partial charge in [0.15, 0.2) is 0 Å². The van der Waals surface area contributed by atoms with Crippen LogP contribution in [0.2, 0.25) is 0 Å². The van der Waals surface area contributed by atoms with Crippen LogP contribution in [0.1, 0.15) is 31.4 Å². The first kappa shape index (κ1) is 17.4. The minimum atomic E-state index is -0.373. The van der Waals surface area contributed by atoms with Crippen molar-refractivity contribution in [1.29, 1.82) is 5.41 Å². The summed E-state index contributed by atoms with van der Waals surface area (Å²) in [4.78, 5) is 2.22. The first-order valence-corrected chi connectivity index (χ1v) is 8.37. The van der Waals surface area contributed by atoms with Gasteiger partial charge in [0.05, 0.1) is 5.41 Å². The van der Waals surface area contributed by atoms with Crippen LogP contribution in [0.15, 0.2) is 60.7 Å².